The quantitative estimate of drug-likeness (QED) is 0.312. The molecule has 1 aromatic carbocycles. The van der Waals surface area contributed by atoms with Gasteiger partial charge in [-0.25, -0.2) is 0 Å². The fraction of sp³-hybridized carbons (Fsp3) is 0.522. The van der Waals surface area contributed by atoms with Crippen LogP contribution < -0.4 is 10.6 Å². The zero-order chi connectivity index (χ0) is 20.5. The van der Waals surface area contributed by atoms with E-state index in [4.69, 9.17) is 4.42 Å². The highest BCUT2D eigenvalue weighted by Gasteiger charge is 2.24. The summed E-state index contributed by atoms with van der Waals surface area (Å²) in [6.45, 7) is 4.71. The molecule has 7 heteroatoms. The Bertz CT molecular complexity index is 757. The third-order valence-electron chi connectivity index (χ3n) is 5.34. The number of hydrogen-bond acceptors (Lipinski definition) is 4. The Hall–Kier alpha value is -1.58. The van der Waals surface area contributed by atoms with E-state index in [0.717, 1.165) is 44.4 Å². The van der Waals surface area contributed by atoms with Gasteiger partial charge in [0, 0.05) is 26.7 Å². The number of piperidine rings is 1. The maximum Gasteiger partial charge on any atom is 0.191 e. The second-order valence-electron chi connectivity index (χ2n) is 7.99. The number of guanidine groups is 1. The standard InChI is InChI=1S/C23H35N5O.HI/c1-24-23(25-16-19-9-7-10-20(15-19)18-27(2)3)26-17-21(22-11-8-14-29-22)28-12-5-4-6-13-28;/h7-11,14-15,21H,4-6,12-13,16-18H2,1-3H3,(H2,24,25,26);1H. The van der Waals surface area contributed by atoms with Gasteiger partial charge in [0.25, 0.3) is 0 Å². The number of halogens is 1. The molecule has 1 aromatic heterocycles. The first kappa shape index (κ1) is 24.7. The minimum absolute atomic E-state index is 0. The van der Waals surface area contributed by atoms with Gasteiger partial charge in [-0.15, -0.1) is 24.0 Å². The van der Waals surface area contributed by atoms with Crippen LogP contribution in [0.15, 0.2) is 52.1 Å². The molecule has 166 valence electrons. The van der Waals surface area contributed by atoms with Crippen LogP contribution in [0.2, 0.25) is 0 Å². The molecule has 1 atom stereocenters. The molecule has 1 aliphatic rings. The summed E-state index contributed by atoms with van der Waals surface area (Å²) in [6.07, 6.45) is 5.60. The van der Waals surface area contributed by atoms with Gasteiger partial charge in [0.1, 0.15) is 5.76 Å². The monoisotopic (exact) mass is 525 g/mol. The van der Waals surface area contributed by atoms with Crippen molar-refractivity contribution in [2.75, 3.05) is 40.8 Å². The Balaban J connectivity index is 0.00000320. The number of benzene rings is 1. The lowest BCUT2D eigenvalue weighted by Crippen LogP contribution is -2.44. The lowest BCUT2D eigenvalue weighted by Gasteiger charge is -2.33. The fourth-order valence-corrected chi connectivity index (χ4v) is 3.92. The van der Waals surface area contributed by atoms with Crippen molar-refractivity contribution in [3.63, 3.8) is 0 Å². The molecular formula is C23H36IN5O. The maximum atomic E-state index is 5.74. The van der Waals surface area contributed by atoms with E-state index in [1.165, 1.54) is 30.4 Å². The second-order valence-corrected chi connectivity index (χ2v) is 7.99. The first-order valence-electron chi connectivity index (χ1n) is 10.6. The van der Waals surface area contributed by atoms with Gasteiger partial charge in [0.2, 0.25) is 0 Å². The van der Waals surface area contributed by atoms with Crippen molar-refractivity contribution in [2.45, 2.75) is 38.4 Å². The van der Waals surface area contributed by atoms with Crippen LogP contribution in [0, 0.1) is 0 Å². The summed E-state index contributed by atoms with van der Waals surface area (Å²) in [5.74, 6) is 1.84. The topological polar surface area (TPSA) is 56.0 Å². The molecule has 2 heterocycles. The number of rotatable bonds is 8. The largest absolute Gasteiger partial charge is 0.468 e. The molecular weight excluding hydrogens is 489 g/mol. The summed E-state index contributed by atoms with van der Waals surface area (Å²) in [5, 5.41) is 6.95. The average Bonchev–Trinajstić information content (AvgIpc) is 3.25. The third-order valence-corrected chi connectivity index (χ3v) is 5.34. The van der Waals surface area contributed by atoms with E-state index >= 15 is 0 Å². The molecule has 2 aromatic rings. The van der Waals surface area contributed by atoms with Crippen LogP contribution >= 0.6 is 24.0 Å². The number of nitrogens with zero attached hydrogens (tertiary/aromatic N) is 3. The molecule has 3 rings (SSSR count). The molecule has 0 bridgehead atoms. The van der Waals surface area contributed by atoms with Gasteiger partial charge in [0.15, 0.2) is 5.96 Å². The highest BCUT2D eigenvalue weighted by Crippen LogP contribution is 2.24. The molecule has 1 saturated heterocycles. The smallest absolute Gasteiger partial charge is 0.191 e. The summed E-state index contributed by atoms with van der Waals surface area (Å²) in [5.41, 5.74) is 2.58. The van der Waals surface area contributed by atoms with Crippen molar-refractivity contribution < 1.29 is 4.42 Å². The van der Waals surface area contributed by atoms with E-state index in [9.17, 15) is 0 Å². The van der Waals surface area contributed by atoms with Crippen molar-refractivity contribution in [2.24, 2.45) is 4.99 Å². The van der Waals surface area contributed by atoms with E-state index in [1.807, 2.05) is 13.1 Å². The molecule has 30 heavy (non-hydrogen) atoms. The lowest BCUT2D eigenvalue weighted by atomic mass is 10.1. The summed E-state index contributed by atoms with van der Waals surface area (Å²) in [4.78, 5) is 9.11. The normalized spacial score (nSPS) is 16.2. The predicted octanol–water partition coefficient (Wildman–Crippen LogP) is 3.85. The van der Waals surface area contributed by atoms with E-state index in [-0.39, 0.29) is 30.0 Å². The highest BCUT2D eigenvalue weighted by atomic mass is 127. The first-order chi connectivity index (χ1) is 14.2. The van der Waals surface area contributed by atoms with Crippen LogP contribution in [0.3, 0.4) is 0 Å². The van der Waals surface area contributed by atoms with E-state index in [2.05, 4.69) is 69.9 Å². The Morgan fingerprint density at radius 3 is 2.53 bits per heavy atom. The molecule has 0 spiro atoms. The Kier molecular flexibility index (Phi) is 10.7. The average molecular weight is 525 g/mol. The minimum Gasteiger partial charge on any atom is -0.468 e. The SMILES string of the molecule is CN=C(NCc1cccc(CN(C)C)c1)NCC(c1ccco1)N1CCCCC1.I. The van der Waals surface area contributed by atoms with Gasteiger partial charge >= 0.3 is 0 Å². The van der Waals surface area contributed by atoms with Crippen molar-refractivity contribution in [1.82, 2.24) is 20.4 Å². The fourth-order valence-electron chi connectivity index (χ4n) is 3.92. The van der Waals surface area contributed by atoms with Crippen molar-refractivity contribution in [3.8, 4) is 0 Å². The Labute approximate surface area is 198 Å². The third kappa shape index (κ3) is 7.59. The van der Waals surface area contributed by atoms with Gasteiger partial charge in [-0.3, -0.25) is 9.89 Å². The molecule has 1 aliphatic heterocycles. The molecule has 2 N–H and O–H groups in total. The molecule has 0 saturated carbocycles. The van der Waals surface area contributed by atoms with Crippen molar-refractivity contribution in [1.29, 1.82) is 0 Å². The van der Waals surface area contributed by atoms with Crippen molar-refractivity contribution in [3.05, 3.63) is 59.5 Å². The minimum atomic E-state index is 0. The van der Waals surface area contributed by atoms with Gasteiger partial charge < -0.3 is 20.0 Å². The summed E-state index contributed by atoms with van der Waals surface area (Å²) in [6, 6.07) is 13.0. The van der Waals surface area contributed by atoms with E-state index < -0.39 is 0 Å². The molecule has 0 radical (unpaired) electrons. The van der Waals surface area contributed by atoms with Crippen LogP contribution in [0.1, 0.15) is 42.2 Å². The number of hydrogen-bond donors (Lipinski definition) is 2. The zero-order valence-electron chi connectivity index (χ0n) is 18.4. The highest BCUT2D eigenvalue weighted by molar-refractivity contribution is 14.0. The van der Waals surface area contributed by atoms with Crippen LogP contribution in [0.5, 0.6) is 0 Å². The number of nitrogens with one attached hydrogen (secondary N) is 2. The first-order valence-corrected chi connectivity index (χ1v) is 10.6. The maximum absolute atomic E-state index is 5.74. The number of furan rings is 1. The molecule has 0 amide bonds. The van der Waals surface area contributed by atoms with Crippen LogP contribution in [-0.4, -0.2) is 56.5 Å². The molecule has 1 unspecified atom stereocenters. The Morgan fingerprint density at radius 1 is 1.10 bits per heavy atom. The van der Waals surface area contributed by atoms with Crippen molar-refractivity contribution >= 4 is 29.9 Å². The van der Waals surface area contributed by atoms with Crippen LogP contribution in [0.25, 0.3) is 0 Å². The predicted molar refractivity (Wildman–Crippen MR) is 134 cm³/mol. The molecule has 0 aliphatic carbocycles. The van der Waals surface area contributed by atoms with Gasteiger partial charge in [-0.1, -0.05) is 30.7 Å². The summed E-state index contributed by atoms with van der Waals surface area (Å²) in [7, 11) is 6.00. The van der Waals surface area contributed by atoms with E-state index in [0.29, 0.717) is 0 Å². The van der Waals surface area contributed by atoms with Gasteiger partial charge in [-0.05, 0) is 63.3 Å². The zero-order valence-corrected chi connectivity index (χ0v) is 20.8. The summed E-state index contributed by atoms with van der Waals surface area (Å²) < 4.78 is 5.74. The second kappa shape index (κ2) is 13.0. The van der Waals surface area contributed by atoms with Crippen LogP contribution in [0.4, 0.5) is 0 Å². The molecule has 6 nitrogen and oxygen atoms in total. The number of aliphatic imine (C=N–C) groups is 1. The van der Waals surface area contributed by atoms with Crippen LogP contribution in [-0.2, 0) is 13.1 Å². The summed E-state index contributed by atoms with van der Waals surface area (Å²) >= 11 is 0. The number of likely N-dealkylation sites (tertiary alicyclic amines) is 1. The lowest BCUT2D eigenvalue weighted by molar-refractivity contribution is 0.146. The molecule has 1 fully saturated rings. The van der Waals surface area contributed by atoms with E-state index in [1.54, 1.807) is 6.26 Å². The Morgan fingerprint density at radius 2 is 1.87 bits per heavy atom. The van der Waals surface area contributed by atoms with Gasteiger partial charge in [0.05, 0.1) is 12.3 Å². The van der Waals surface area contributed by atoms with Gasteiger partial charge in [-0.2, -0.15) is 0 Å².